The van der Waals surface area contributed by atoms with Gasteiger partial charge in [-0.25, -0.2) is 5.01 Å². The maximum Gasteiger partial charge on any atom is 0.118 e. The second kappa shape index (κ2) is 2.59. The lowest BCUT2D eigenvalue weighted by Gasteiger charge is -2.14. The number of nitrogens with two attached hydrogens (primary N) is 1. The molecule has 4 heteroatoms. The molecule has 3 nitrogen and oxygen atoms in total. The van der Waals surface area contributed by atoms with E-state index < -0.39 is 0 Å². The number of hydrazine groups is 1. The number of hydrogen-bond donors (Lipinski definition) is 1. The molecular weight excluding hydrogens is 132 g/mol. The minimum Gasteiger partial charge on any atom is -0.305 e. The predicted molar refractivity (Wildman–Crippen MR) is 38.9 cm³/mol. The van der Waals surface area contributed by atoms with Crippen molar-refractivity contribution < 1.29 is 4.79 Å². The lowest BCUT2D eigenvalue weighted by molar-refractivity contribution is -0.115. The van der Waals surface area contributed by atoms with E-state index in [9.17, 15) is 4.79 Å². The maximum absolute atomic E-state index is 10.8. The van der Waals surface area contributed by atoms with E-state index in [1.807, 2.05) is 0 Å². The summed E-state index contributed by atoms with van der Waals surface area (Å²) in [6.45, 7) is 0.888. The Bertz CT molecular complexity index is 128. The fourth-order valence-electron chi connectivity index (χ4n) is 1.23. The fraction of sp³-hybridized carbons (Fsp3) is 0.800. The molecule has 1 heterocycles. The quantitative estimate of drug-likeness (QED) is 0.349. The molecule has 0 spiro atoms. The average molecular weight is 144 g/mol. The van der Waals surface area contributed by atoms with Gasteiger partial charge in [-0.05, 0) is 12.8 Å². The summed E-state index contributed by atoms with van der Waals surface area (Å²) < 4.78 is 0. The first-order chi connectivity index (χ1) is 4.22. The summed E-state index contributed by atoms with van der Waals surface area (Å²) in [6.07, 6.45) is 2.05. The summed E-state index contributed by atoms with van der Waals surface area (Å²) in [5, 5.41) is 1.99. The van der Waals surface area contributed by atoms with Crippen molar-refractivity contribution in [3.8, 4) is 0 Å². The smallest absolute Gasteiger partial charge is 0.118 e. The van der Waals surface area contributed by atoms with Crippen molar-refractivity contribution in [3.05, 3.63) is 0 Å². The molecule has 0 aromatic heterocycles. The highest BCUT2D eigenvalue weighted by Crippen LogP contribution is 2.11. The first-order valence-electron chi connectivity index (χ1n) is 3.23. The van der Waals surface area contributed by atoms with E-state index in [0.717, 1.165) is 19.4 Å². The predicted octanol–water partition coefficient (Wildman–Crippen LogP) is -1.78. The van der Waals surface area contributed by atoms with Crippen molar-refractivity contribution >= 4 is 15.6 Å². The van der Waals surface area contributed by atoms with Crippen LogP contribution in [0.3, 0.4) is 0 Å². The Balaban J connectivity index is 2.49. The maximum atomic E-state index is 10.8. The van der Waals surface area contributed by atoms with Gasteiger partial charge in [0.2, 0.25) is 0 Å². The second-order valence-corrected chi connectivity index (χ2v) is 3.49. The minimum absolute atomic E-state index is 0.0664. The highest BCUT2D eigenvalue weighted by Gasteiger charge is 2.24. The number of nitrogens with zero attached hydrogens (tertiary/aromatic N) is 1. The molecule has 52 valence electrons. The molecule has 1 fully saturated rings. The number of carbonyl (C=O) groups is 1. The van der Waals surface area contributed by atoms with Crippen molar-refractivity contribution in [1.82, 2.24) is 5.01 Å². The molecule has 1 atom stereocenters. The van der Waals surface area contributed by atoms with Crippen molar-refractivity contribution in [2.45, 2.75) is 18.9 Å². The molecule has 0 aromatic carbocycles. The Morgan fingerprint density at radius 2 is 2.44 bits per heavy atom. The molecule has 0 aromatic rings. The summed E-state index contributed by atoms with van der Waals surface area (Å²) >= 11 is 0. The van der Waals surface area contributed by atoms with E-state index in [2.05, 4.69) is 0 Å². The van der Waals surface area contributed by atoms with Crippen LogP contribution in [0.2, 0.25) is 0 Å². The molecule has 1 rings (SSSR count). The van der Waals surface area contributed by atoms with Gasteiger partial charge < -0.3 is 4.79 Å². The third-order valence-corrected chi connectivity index (χ3v) is 2.43. The lowest BCUT2D eigenvalue weighted by Crippen LogP contribution is -2.41. The highest BCUT2D eigenvalue weighted by atomic mass is 28.1. The molecule has 1 saturated heterocycles. The standard InChI is InChI=1S/C5H12N2OSi/c6-7-3-1-2-4(7)5(8)9/h4H,1-3,6H2,9H3/t4-/m0/s1. The molecule has 0 aliphatic carbocycles. The second-order valence-electron chi connectivity index (χ2n) is 2.51. The topological polar surface area (TPSA) is 46.3 Å². The van der Waals surface area contributed by atoms with Gasteiger partial charge in [-0.3, -0.25) is 5.84 Å². The monoisotopic (exact) mass is 144 g/mol. The van der Waals surface area contributed by atoms with Gasteiger partial charge in [0.25, 0.3) is 0 Å². The van der Waals surface area contributed by atoms with Crippen LogP contribution >= 0.6 is 0 Å². The zero-order chi connectivity index (χ0) is 6.85. The van der Waals surface area contributed by atoms with Gasteiger partial charge in [0.15, 0.2) is 0 Å². The number of hydrogen-bond acceptors (Lipinski definition) is 3. The summed E-state index contributed by atoms with van der Waals surface area (Å²) in [5.74, 6) is 5.51. The van der Waals surface area contributed by atoms with Crippen LogP contribution < -0.4 is 5.84 Å². The van der Waals surface area contributed by atoms with Gasteiger partial charge in [-0.1, -0.05) is 0 Å². The van der Waals surface area contributed by atoms with Gasteiger partial charge in [0.1, 0.15) is 5.41 Å². The van der Waals surface area contributed by atoms with E-state index in [-0.39, 0.29) is 6.04 Å². The van der Waals surface area contributed by atoms with Crippen molar-refractivity contribution in [1.29, 1.82) is 0 Å². The molecule has 1 aliphatic heterocycles. The molecule has 0 saturated carbocycles. The molecule has 1 aliphatic rings. The van der Waals surface area contributed by atoms with E-state index >= 15 is 0 Å². The Kier molecular flexibility index (Phi) is 2.00. The molecular formula is C5H12N2OSi. The van der Waals surface area contributed by atoms with Crippen molar-refractivity contribution in [2.24, 2.45) is 5.84 Å². The SMILES string of the molecule is NN1CCC[C@H]1C(=O)[SiH3]. The minimum atomic E-state index is 0.0664. The van der Waals surface area contributed by atoms with Gasteiger partial charge in [-0.2, -0.15) is 0 Å². The lowest BCUT2D eigenvalue weighted by atomic mass is 10.2. The van der Waals surface area contributed by atoms with Crippen LogP contribution in [0, 0.1) is 0 Å². The van der Waals surface area contributed by atoms with Crippen LogP contribution in [0.15, 0.2) is 0 Å². The van der Waals surface area contributed by atoms with Crippen LogP contribution in [0.4, 0.5) is 0 Å². The Hall–Kier alpha value is -0.193. The average Bonchev–Trinajstić information content (AvgIpc) is 2.13. The van der Waals surface area contributed by atoms with Gasteiger partial charge >= 0.3 is 0 Å². The van der Waals surface area contributed by atoms with Crippen LogP contribution in [0.25, 0.3) is 0 Å². The van der Waals surface area contributed by atoms with E-state index in [4.69, 9.17) is 5.84 Å². The molecule has 0 amide bonds. The van der Waals surface area contributed by atoms with Crippen molar-refractivity contribution in [2.75, 3.05) is 6.54 Å². The number of rotatable bonds is 1. The van der Waals surface area contributed by atoms with Crippen LogP contribution in [-0.4, -0.2) is 33.2 Å². The Morgan fingerprint density at radius 1 is 1.78 bits per heavy atom. The number of carbonyl (C=O) groups excluding carboxylic acids is 1. The van der Waals surface area contributed by atoms with Gasteiger partial charge in [0.05, 0.1) is 16.3 Å². The normalized spacial score (nSPS) is 29.2. The molecule has 0 radical (unpaired) electrons. The zero-order valence-electron chi connectivity index (χ0n) is 5.63. The summed E-state index contributed by atoms with van der Waals surface area (Å²) in [4.78, 5) is 10.8. The highest BCUT2D eigenvalue weighted by molar-refractivity contribution is 6.59. The molecule has 0 unspecified atom stereocenters. The fourth-order valence-corrected chi connectivity index (χ4v) is 1.85. The van der Waals surface area contributed by atoms with Gasteiger partial charge in [-0.15, -0.1) is 0 Å². The summed E-state index contributed by atoms with van der Waals surface area (Å²) in [7, 11) is 0.639. The first kappa shape index (κ1) is 6.92. The Morgan fingerprint density at radius 3 is 2.67 bits per heavy atom. The van der Waals surface area contributed by atoms with E-state index in [0.29, 0.717) is 15.6 Å². The van der Waals surface area contributed by atoms with E-state index in [1.165, 1.54) is 0 Å². The van der Waals surface area contributed by atoms with Gasteiger partial charge in [0, 0.05) is 6.54 Å². The first-order valence-corrected chi connectivity index (χ1v) is 4.23. The van der Waals surface area contributed by atoms with Crippen LogP contribution in [-0.2, 0) is 4.79 Å². The summed E-state index contributed by atoms with van der Waals surface area (Å²) in [6, 6.07) is 0.0664. The van der Waals surface area contributed by atoms with Crippen LogP contribution in [0.5, 0.6) is 0 Å². The third kappa shape index (κ3) is 1.38. The molecule has 0 bridgehead atoms. The third-order valence-electron chi connectivity index (χ3n) is 1.76. The van der Waals surface area contributed by atoms with E-state index in [1.54, 1.807) is 5.01 Å². The summed E-state index contributed by atoms with van der Waals surface area (Å²) in [5.41, 5.74) is 0. The largest absolute Gasteiger partial charge is 0.305 e. The Labute approximate surface area is 57.6 Å². The van der Waals surface area contributed by atoms with Crippen LogP contribution in [0.1, 0.15) is 12.8 Å². The van der Waals surface area contributed by atoms with Crippen molar-refractivity contribution in [3.63, 3.8) is 0 Å². The zero-order valence-corrected chi connectivity index (χ0v) is 7.63. The molecule has 2 N–H and O–H groups in total. The molecule has 9 heavy (non-hydrogen) atoms.